The molecule has 0 fully saturated rings. The zero-order chi connectivity index (χ0) is 20.7. The Morgan fingerprint density at radius 3 is 2.57 bits per heavy atom. The number of nitrogens with zero attached hydrogens (tertiary/aromatic N) is 4. The van der Waals surface area contributed by atoms with E-state index in [1.54, 1.807) is 10.9 Å². The summed E-state index contributed by atoms with van der Waals surface area (Å²) in [5.41, 5.74) is 4.91. The number of benzene rings is 2. The van der Waals surface area contributed by atoms with E-state index >= 15 is 0 Å². The molecule has 5 rings (SSSR count). The average molecular weight is 417 g/mol. The highest BCUT2D eigenvalue weighted by molar-refractivity contribution is 6.31. The fraction of sp³-hybridized carbons (Fsp3) is 0.167. The SMILES string of the molecule is Cc1ccc(-n2ncc(C(=O)N3CCc4ccccc4C3)c2-n2cccc2)cc1Cl. The number of fused-ring (bicyclic) bond motifs is 1. The predicted molar refractivity (Wildman–Crippen MR) is 118 cm³/mol. The van der Waals surface area contributed by atoms with Gasteiger partial charge in [-0.1, -0.05) is 41.9 Å². The van der Waals surface area contributed by atoms with E-state index in [0.717, 1.165) is 17.7 Å². The van der Waals surface area contributed by atoms with E-state index in [-0.39, 0.29) is 5.91 Å². The maximum absolute atomic E-state index is 13.5. The summed E-state index contributed by atoms with van der Waals surface area (Å²) >= 11 is 6.36. The van der Waals surface area contributed by atoms with Gasteiger partial charge in [-0.25, -0.2) is 4.68 Å². The lowest BCUT2D eigenvalue weighted by atomic mass is 9.99. The minimum atomic E-state index is -0.0161. The molecule has 1 aliphatic heterocycles. The second-order valence-electron chi connectivity index (χ2n) is 7.56. The van der Waals surface area contributed by atoms with Crippen molar-refractivity contribution in [1.29, 1.82) is 0 Å². The van der Waals surface area contributed by atoms with Crippen LogP contribution in [0.25, 0.3) is 11.5 Å². The molecule has 2 aromatic heterocycles. The van der Waals surface area contributed by atoms with Gasteiger partial charge in [0.05, 0.1) is 11.9 Å². The van der Waals surface area contributed by atoms with Gasteiger partial charge in [-0.05, 0) is 54.3 Å². The van der Waals surface area contributed by atoms with Gasteiger partial charge in [-0.3, -0.25) is 4.79 Å². The zero-order valence-corrected chi connectivity index (χ0v) is 17.4. The lowest BCUT2D eigenvalue weighted by Gasteiger charge is -2.29. The van der Waals surface area contributed by atoms with E-state index in [1.165, 1.54) is 11.1 Å². The van der Waals surface area contributed by atoms with Crippen LogP contribution in [-0.2, 0) is 13.0 Å². The number of hydrogen-bond donors (Lipinski definition) is 0. The van der Waals surface area contributed by atoms with Gasteiger partial charge >= 0.3 is 0 Å². The fourth-order valence-electron chi connectivity index (χ4n) is 3.96. The molecule has 150 valence electrons. The smallest absolute Gasteiger partial charge is 0.259 e. The van der Waals surface area contributed by atoms with Crippen molar-refractivity contribution >= 4 is 17.5 Å². The van der Waals surface area contributed by atoms with Crippen molar-refractivity contribution < 1.29 is 4.79 Å². The van der Waals surface area contributed by atoms with E-state index in [1.807, 2.05) is 65.2 Å². The summed E-state index contributed by atoms with van der Waals surface area (Å²) in [4.78, 5) is 15.4. The van der Waals surface area contributed by atoms with E-state index in [0.29, 0.717) is 29.5 Å². The summed E-state index contributed by atoms with van der Waals surface area (Å²) < 4.78 is 3.70. The molecule has 0 N–H and O–H groups in total. The third-order valence-electron chi connectivity index (χ3n) is 5.64. The minimum absolute atomic E-state index is 0.0161. The van der Waals surface area contributed by atoms with E-state index < -0.39 is 0 Å². The molecule has 6 heteroatoms. The van der Waals surface area contributed by atoms with Crippen LogP contribution in [0.1, 0.15) is 27.0 Å². The third kappa shape index (κ3) is 3.21. The monoisotopic (exact) mass is 416 g/mol. The third-order valence-corrected chi connectivity index (χ3v) is 6.05. The summed E-state index contributed by atoms with van der Waals surface area (Å²) in [7, 11) is 0. The molecule has 0 saturated heterocycles. The van der Waals surface area contributed by atoms with Crippen LogP contribution in [0, 0.1) is 6.92 Å². The molecule has 1 amide bonds. The van der Waals surface area contributed by atoms with Crippen molar-refractivity contribution in [3.05, 3.63) is 100 Å². The summed E-state index contributed by atoms with van der Waals surface area (Å²) in [5, 5.41) is 5.23. The van der Waals surface area contributed by atoms with Crippen LogP contribution in [0.2, 0.25) is 5.02 Å². The summed E-state index contributed by atoms with van der Waals surface area (Å²) in [6.07, 6.45) is 6.37. The average Bonchev–Trinajstić information content (AvgIpc) is 3.44. The standard InChI is InChI=1S/C24H21ClN4O/c1-17-8-9-20(14-22(17)25)29-23(27-11-4-5-12-27)21(15-26-29)24(30)28-13-10-18-6-2-3-7-19(18)16-28/h2-9,11-12,14-15H,10,13,16H2,1H3. The molecule has 2 aromatic carbocycles. The van der Waals surface area contributed by atoms with Crippen LogP contribution in [-0.4, -0.2) is 31.7 Å². The van der Waals surface area contributed by atoms with Gasteiger partial charge in [-0.2, -0.15) is 5.10 Å². The maximum atomic E-state index is 13.5. The van der Waals surface area contributed by atoms with Crippen molar-refractivity contribution in [3.8, 4) is 11.5 Å². The summed E-state index contributed by atoms with van der Waals surface area (Å²) in [5.74, 6) is 0.696. The molecule has 0 atom stereocenters. The second kappa shape index (κ2) is 7.50. The van der Waals surface area contributed by atoms with Crippen LogP contribution < -0.4 is 0 Å². The first kappa shape index (κ1) is 18.7. The Morgan fingerprint density at radius 2 is 1.80 bits per heavy atom. The highest BCUT2D eigenvalue weighted by Crippen LogP contribution is 2.26. The molecule has 5 nitrogen and oxygen atoms in total. The lowest BCUT2D eigenvalue weighted by Crippen LogP contribution is -2.36. The molecule has 1 aliphatic rings. The molecule has 0 radical (unpaired) electrons. The van der Waals surface area contributed by atoms with E-state index in [9.17, 15) is 4.79 Å². The lowest BCUT2D eigenvalue weighted by molar-refractivity contribution is 0.0734. The number of aromatic nitrogens is 3. The van der Waals surface area contributed by atoms with Gasteiger partial charge in [0.2, 0.25) is 0 Å². The van der Waals surface area contributed by atoms with Gasteiger partial charge in [0.25, 0.3) is 5.91 Å². The molecule has 4 aromatic rings. The number of halogens is 1. The first-order chi connectivity index (χ1) is 14.6. The van der Waals surface area contributed by atoms with Gasteiger partial charge < -0.3 is 9.47 Å². The topological polar surface area (TPSA) is 43.1 Å². The Balaban J connectivity index is 1.57. The van der Waals surface area contributed by atoms with Crippen LogP contribution in [0.4, 0.5) is 0 Å². The maximum Gasteiger partial charge on any atom is 0.259 e. The molecule has 0 spiro atoms. The van der Waals surface area contributed by atoms with Crippen LogP contribution in [0.3, 0.4) is 0 Å². The Bertz CT molecular complexity index is 1230. The predicted octanol–water partition coefficient (Wildman–Crippen LogP) is 4.82. The molecule has 0 unspecified atom stereocenters. The number of aryl methyl sites for hydroxylation is 1. The Kier molecular flexibility index (Phi) is 4.68. The first-order valence-corrected chi connectivity index (χ1v) is 10.3. The quantitative estimate of drug-likeness (QED) is 0.480. The summed E-state index contributed by atoms with van der Waals surface area (Å²) in [6.45, 7) is 3.27. The summed E-state index contributed by atoms with van der Waals surface area (Å²) in [6, 6.07) is 18.0. The largest absolute Gasteiger partial charge is 0.334 e. The van der Waals surface area contributed by atoms with E-state index in [2.05, 4.69) is 23.3 Å². The molecule has 3 heterocycles. The number of hydrogen-bond acceptors (Lipinski definition) is 2. The van der Waals surface area contributed by atoms with Crippen molar-refractivity contribution in [1.82, 2.24) is 19.2 Å². The van der Waals surface area contributed by atoms with Crippen LogP contribution in [0.5, 0.6) is 0 Å². The molecular formula is C24H21ClN4O. The van der Waals surface area contributed by atoms with Crippen LogP contribution >= 0.6 is 11.6 Å². The molecule has 0 bridgehead atoms. The van der Waals surface area contributed by atoms with Gasteiger partial charge in [0.1, 0.15) is 5.56 Å². The van der Waals surface area contributed by atoms with Gasteiger partial charge in [-0.15, -0.1) is 0 Å². The highest BCUT2D eigenvalue weighted by Gasteiger charge is 2.27. The molecule has 30 heavy (non-hydrogen) atoms. The first-order valence-electron chi connectivity index (χ1n) is 9.96. The molecule has 0 saturated carbocycles. The number of carbonyl (C=O) groups is 1. The highest BCUT2D eigenvalue weighted by atomic mass is 35.5. The molecule has 0 aliphatic carbocycles. The van der Waals surface area contributed by atoms with Crippen molar-refractivity contribution in [2.75, 3.05) is 6.54 Å². The Labute approximate surface area is 180 Å². The fourth-order valence-corrected chi connectivity index (χ4v) is 4.13. The Morgan fingerprint density at radius 1 is 1.03 bits per heavy atom. The van der Waals surface area contributed by atoms with Crippen molar-refractivity contribution in [3.63, 3.8) is 0 Å². The van der Waals surface area contributed by atoms with Crippen molar-refractivity contribution in [2.24, 2.45) is 0 Å². The van der Waals surface area contributed by atoms with Gasteiger partial charge in [0.15, 0.2) is 5.82 Å². The zero-order valence-electron chi connectivity index (χ0n) is 16.6. The number of amides is 1. The van der Waals surface area contributed by atoms with Gasteiger partial charge in [0, 0.05) is 30.5 Å². The van der Waals surface area contributed by atoms with Crippen molar-refractivity contribution in [2.45, 2.75) is 19.9 Å². The second-order valence-corrected chi connectivity index (χ2v) is 7.97. The normalized spacial score (nSPS) is 13.3. The Hall–Kier alpha value is -3.31. The number of carbonyl (C=O) groups excluding carboxylic acids is 1. The minimum Gasteiger partial charge on any atom is -0.334 e. The molecular weight excluding hydrogens is 396 g/mol. The number of rotatable bonds is 3. The van der Waals surface area contributed by atoms with Crippen LogP contribution in [0.15, 0.2) is 73.2 Å². The van der Waals surface area contributed by atoms with E-state index in [4.69, 9.17) is 11.6 Å².